The number of hydrogen-bond acceptors (Lipinski definition) is 4. The smallest absolute Gasteiger partial charge is 0.178 e. The van der Waals surface area contributed by atoms with Gasteiger partial charge < -0.3 is 14.8 Å². The number of rotatable bonds is 4. The molecule has 134 valence electrons. The fourth-order valence-corrected chi connectivity index (χ4v) is 3.84. The molecule has 1 aromatic heterocycles. The van der Waals surface area contributed by atoms with Crippen LogP contribution >= 0.6 is 0 Å². The van der Waals surface area contributed by atoms with Gasteiger partial charge in [-0.15, -0.1) is 0 Å². The predicted molar refractivity (Wildman–Crippen MR) is 101 cm³/mol. The van der Waals surface area contributed by atoms with Gasteiger partial charge in [0.05, 0.1) is 13.7 Å². The quantitative estimate of drug-likeness (QED) is 0.705. The molecule has 2 heterocycles. The zero-order chi connectivity index (χ0) is 18.3. The SMILES string of the molecule is COc1cc2c(cc1O)CCN(CC(=O)c1c[nH]c3ccccc13)[C@@H]2C. The van der Waals surface area contributed by atoms with Crippen molar-refractivity contribution in [1.82, 2.24) is 9.88 Å². The zero-order valence-electron chi connectivity index (χ0n) is 15.0. The van der Waals surface area contributed by atoms with E-state index in [9.17, 15) is 9.90 Å². The second kappa shape index (κ2) is 6.50. The molecule has 0 amide bonds. The van der Waals surface area contributed by atoms with Crippen LogP contribution in [0.15, 0.2) is 42.6 Å². The highest BCUT2D eigenvalue weighted by molar-refractivity contribution is 6.08. The molecule has 1 aliphatic heterocycles. The molecule has 5 nitrogen and oxygen atoms in total. The van der Waals surface area contributed by atoms with Gasteiger partial charge in [0.25, 0.3) is 0 Å². The Morgan fingerprint density at radius 1 is 1.35 bits per heavy atom. The van der Waals surface area contributed by atoms with E-state index in [1.165, 1.54) is 0 Å². The molecule has 0 fully saturated rings. The van der Waals surface area contributed by atoms with Gasteiger partial charge in [-0.05, 0) is 42.7 Å². The largest absolute Gasteiger partial charge is 0.504 e. The number of hydrogen-bond donors (Lipinski definition) is 2. The van der Waals surface area contributed by atoms with Gasteiger partial charge in [-0.3, -0.25) is 9.69 Å². The first kappa shape index (κ1) is 16.7. The number of Topliss-reactive ketones (excluding diaryl/α,β-unsaturated/α-hetero) is 1. The highest BCUT2D eigenvalue weighted by Crippen LogP contribution is 2.37. The summed E-state index contributed by atoms with van der Waals surface area (Å²) >= 11 is 0. The molecule has 0 unspecified atom stereocenters. The van der Waals surface area contributed by atoms with Crippen molar-refractivity contribution in [3.8, 4) is 11.5 Å². The van der Waals surface area contributed by atoms with E-state index in [-0.39, 0.29) is 17.6 Å². The molecule has 5 heteroatoms. The summed E-state index contributed by atoms with van der Waals surface area (Å²) in [5.74, 6) is 0.755. The number of aromatic amines is 1. The van der Waals surface area contributed by atoms with E-state index < -0.39 is 0 Å². The zero-order valence-corrected chi connectivity index (χ0v) is 15.0. The lowest BCUT2D eigenvalue weighted by atomic mass is 9.92. The Bertz CT molecular complexity index is 977. The minimum atomic E-state index is 0.0856. The highest BCUT2D eigenvalue weighted by atomic mass is 16.5. The van der Waals surface area contributed by atoms with Crippen molar-refractivity contribution in [2.45, 2.75) is 19.4 Å². The summed E-state index contributed by atoms with van der Waals surface area (Å²) in [5.41, 5.74) is 3.94. The number of phenolic OH excluding ortho intramolecular Hbond substituents is 1. The van der Waals surface area contributed by atoms with Crippen molar-refractivity contribution < 1.29 is 14.6 Å². The lowest BCUT2D eigenvalue weighted by Crippen LogP contribution is -2.37. The Labute approximate surface area is 152 Å². The Kier molecular flexibility index (Phi) is 4.17. The Morgan fingerprint density at radius 3 is 2.96 bits per heavy atom. The Hall–Kier alpha value is -2.79. The monoisotopic (exact) mass is 350 g/mol. The van der Waals surface area contributed by atoms with Crippen LogP contribution in [0.2, 0.25) is 0 Å². The fraction of sp³-hybridized carbons (Fsp3) is 0.286. The number of aromatic nitrogens is 1. The molecule has 2 aromatic carbocycles. The number of H-pyrrole nitrogens is 1. The Balaban J connectivity index is 1.59. The lowest BCUT2D eigenvalue weighted by molar-refractivity contribution is 0.0892. The third kappa shape index (κ3) is 2.74. The maximum absolute atomic E-state index is 12.9. The maximum atomic E-state index is 12.9. The number of nitrogens with one attached hydrogen (secondary N) is 1. The topological polar surface area (TPSA) is 65.6 Å². The first-order valence-corrected chi connectivity index (χ1v) is 8.81. The van der Waals surface area contributed by atoms with Crippen LogP contribution in [0, 0.1) is 0 Å². The van der Waals surface area contributed by atoms with Crippen molar-refractivity contribution in [3.63, 3.8) is 0 Å². The summed E-state index contributed by atoms with van der Waals surface area (Å²) in [6, 6.07) is 11.6. The number of aromatic hydroxyl groups is 1. The molecule has 0 bridgehead atoms. The predicted octanol–water partition coefficient (Wildman–Crippen LogP) is 3.68. The number of benzene rings is 2. The average molecular weight is 350 g/mol. The summed E-state index contributed by atoms with van der Waals surface area (Å²) in [6.07, 6.45) is 2.61. The number of carbonyl (C=O) groups is 1. The van der Waals surface area contributed by atoms with Crippen molar-refractivity contribution in [1.29, 1.82) is 0 Å². The molecule has 0 radical (unpaired) electrons. The van der Waals surface area contributed by atoms with Gasteiger partial charge in [-0.1, -0.05) is 18.2 Å². The summed E-state index contributed by atoms with van der Waals surface area (Å²) < 4.78 is 5.24. The van der Waals surface area contributed by atoms with E-state index >= 15 is 0 Å². The highest BCUT2D eigenvalue weighted by Gasteiger charge is 2.27. The number of fused-ring (bicyclic) bond motifs is 2. The van der Waals surface area contributed by atoms with Crippen LogP contribution in [0.25, 0.3) is 10.9 Å². The van der Waals surface area contributed by atoms with Crippen molar-refractivity contribution in [3.05, 3.63) is 59.3 Å². The van der Waals surface area contributed by atoms with E-state index in [2.05, 4.69) is 16.8 Å². The molecular formula is C21H22N2O3. The van der Waals surface area contributed by atoms with Gasteiger partial charge in [-0.25, -0.2) is 0 Å². The van der Waals surface area contributed by atoms with E-state index in [1.807, 2.05) is 30.3 Å². The number of ether oxygens (including phenoxy) is 1. The summed E-state index contributed by atoms with van der Waals surface area (Å²) in [4.78, 5) is 18.3. The summed E-state index contributed by atoms with van der Waals surface area (Å²) in [7, 11) is 1.55. The molecule has 0 aliphatic carbocycles. The molecule has 26 heavy (non-hydrogen) atoms. The number of nitrogens with zero attached hydrogens (tertiary/aromatic N) is 1. The van der Waals surface area contributed by atoms with E-state index in [0.717, 1.165) is 40.6 Å². The van der Waals surface area contributed by atoms with Crippen molar-refractivity contribution in [2.75, 3.05) is 20.2 Å². The Morgan fingerprint density at radius 2 is 2.15 bits per heavy atom. The molecule has 0 saturated heterocycles. The first-order valence-electron chi connectivity index (χ1n) is 8.81. The van der Waals surface area contributed by atoms with Gasteiger partial charge in [0.1, 0.15) is 0 Å². The third-order valence-electron chi connectivity index (χ3n) is 5.34. The standard InChI is InChI=1S/C21H22N2O3/c1-13-16-10-21(26-2)19(24)9-14(16)7-8-23(13)12-20(25)17-11-22-18-6-4-3-5-15(17)18/h3-6,9-11,13,22,24H,7-8,12H2,1-2H3/t13-/m1/s1. The summed E-state index contributed by atoms with van der Waals surface area (Å²) in [6.45, 7) is 3.25. The molecule has 0 spiro atoms. The molecule has 2 N–H and O–H groups in total. The minimum Gasteiger partial charge on any atom is -0.504 e. The molecule has 1 aliphatic rings. The van der Waals surface area contributed by atoms with E-state index in [1.54, 1.807) is 19.4 Å². The normalized spacial score (nSPS) is 17.2. The second-order valence-corrected chi connectivity index (χ2v) is 6.79. The van der Waals surface area contributed by atoms with Crippen LogP contribution in [-0.2, 0) is 6.42 Å². The minimum absolute atomic E-state index is 0.0856. The summed E-state index contributed by atoms with van der Waals surface area (Å²) in [5, 5.41) is 11.0. The molecular weight excluding hydrogens is 328 g/mol. The number of carbonyl (C=O) groups excluding carboxylic acids is 1. The van der Waals surface area contributed by atoms with Crippen molar-refractivity contribution >= 4 is 16.7 Å². The van der Waals surface area contributed by atoms with Crippen LogP contribution < -0.4 is 4.74 Å². The van der Waals surface area contributed by atoms with Gasteiger partial charge in [-0.2, -0.15) is 0 Å². The van der Waals surface area contributed by atoms with E-state index in [4.69, 9.17) is 4.74 Å². The number of ketones is 1. The van der Waals surface area contributed by atoms with Gasteiger partial charge in [0.2, 0.25) is 0 Å². The lowest BCUT2D eigenvalue weighted by Gasteiger charge is -2.35. The number of methoxy groups -OCH3 is 1. The van der Waals surface area contributed by atoms with Gasteiger partial charge >= 0.3 is 0 Å². The van der Waals surface area contributed by atoms with Crippen LogP contribution in [0.3, 0.4) is 0 Å². The number of para-hydroxylation sites is 1. The van der Waals surface area contributed by atoms with E-state index in [0.29, 0.717) is 12.3 Å². The molecule has 3 aromatic rings. The molecule has 0 saturated carbocycles. The van der Waals surface area contributed by atoms with Crippen molar-refractivity contribution in [2.24, 2.45) is 0 Å². The van der Waals surface area contributed by atoms with Crippen LogP contribution in [0.4, 0.5) is 0 Å². The third-order valence-corrected chi connectivity index (χ3v) is 5.34. The van der Waals surface area contributed by atoms with Gasteiger partial charge in [0, 0.05) is 35.2 Å². The average Bonchev–Trinajstić information content (AvgIpc) is 3.08. The first-order chi connectivity index (χ1) is 12.6. The van der Waals surface area contributed by atoms with Crippen LogP contribution in [0.5, 0.6) is 11.5 Å². The van der Waals surface area contributed by atoms with Crippen LogP contribution in [0.1, 0.15) is 34.5 Å². The number of phenols is 1. The molecule has 1 atom stereocenters. The fourth-order valence-electron chi connectivity index (χ4n) is 3.84. The maximum Gasteiger partial charge on any atom is 0.178 e. The van der Waals surface area contributed by atoms with Gasteiger partial charge in [0.15, 0.2) is 17.3 Å². The van der Waals surface area contributed by atoms with Crippen LogP contribution in [-0.4, -0.2) is 41.0 Å². The second-order valence-electron chi connectivity index (χ2n) is 6.79. The molecule has 4 rings (SSSR count).